The molecule has 2 N–H and O–H groups in total. The number of hydrogen-bond acceptors (Lipinski definition) is 2. The lowest BCUT2D eigenvalue weighted by atomic mass is 10.2. The smallest absolute Gasteiger partial charge is 0.0455 e. The molecular weight excluding hydrogens is 172 g/mol. The van der Waals surface area contributed by atoms with E-state index in [0.29, 0.717) is 6.67 Å². The second-order valence-electron chi connectivity index (χ2n) is 2.82. The van der Waals surface area contributed by atoms with Crippen molar-refractivity contribution in [2.75, 3.05) is 13.7 Å². The maximum Gasteiger partial charge on any atom is 0.0455 e. The molecule has 66 valence electrons. The topological polar surface area (TPSA) is 29.3 Å². The molecule has 0 saturated heterocycles. The molecule has 0 radical (unpaired) electrons. The lowest BCUT2D eigenvalue weighted by Crippen LogP contribution is -2.24. The van der Waals surface area contributed by atoms with E-state index in [-0.39, 0.29) is 0 Å². The Morgan fingerprint density at radius 2 is 1.92 bits per heavy atom. The third-order valence-electron chi connectivity index (χ3n) is 1.68. The van der Waals surface area contributed by atoms with Gasteiger partial charge in [0.25, 0.3) is 0 Å². The fourth-order valence-corrected chi connectivity index (χ4v) is 1.09. The summed E-state index contributed by atoms with van der Waals surface area (Å²) in [6, 6.07) is 7.80. The summed E-state index contributed by atoms with van der Waals surface area (Å²) in [7, 11) is 1.98. The Balaban J connectivity index is 2.58. The van der Waals surface area contributed by atoms with Gasteiger partial charge in [0.2, 0.25) is 0 Å². The maximum atomic E-state index is 5.74. The highest BCUT2D eigenvalue weighted by atomic mass is 35.5. The van der Waals surface area contributed by atoms with Gasteiger partial charge in [-0.15, -0.1) is 0 Å². The summed E-state index contributed by atoms with van der Waals surface area (Å²) in [5.41, 5.74) is 6.68. The van der Waals surface area contributed by atoms with Crippen LogP contribution in [0.2, 0.25) is 5.02 Å². The molecule has 0 aromatic heterocycles. The summed E-state index contributed by atoms with van der Waals surface area (Å²) >= 11 is 5.74. The zero-order valence-electron chi connectivity index (χ0n) is 7.13. The van der Waals surface area contributed by atoms with Gasteiger partial charge < -0.3 is 5.73 Å². The largest absolute Gasteiger partial charge is 0.318 e. The van der Waals surface area contributed by atoms with E-state index in [4.69, 9.17) is 17.3 Å². The highest BCUT2D eigenvalue weighted by molar-refractivity contribution is 6.30. The van der Waals surface area contributed by atoms with Gasteiger partial charge in [0.15, 0.2) is 0 Å². The van der Waals surface area contributed by atoms with Crippen molar-refractivity contribution in [3.63, 3.8) is 0 Å². The fraction of sp³-hybridized carbons (Fsp3) is 0.333. The molecule has 0 aliphatic heterocycles. The van der Waals surface area contributed by atoms with Gasteiger partial charge in [-0.1, -0.05) is 23.7 Å². The average Bonchev–Trinajstić information content (AvgIpc) is 2.09. The fourth-order valence-electron chi connectivity index (χ4n) is 0.966. The third kappa shape index (κ3) is 2.81. The molecule has 0 unspecified atom stereocenters. The van der Waals surface area contributed by atoms with Gasteiger partial charge in [0.1, 0.15) is 0 Å². The van der Waals surface area contributed by atoms with Crippen LogP contribution in [-0.4, -0.2) is 18.6 Å². The van der Waals surface area contributed by atoms with E-state index in [0.717, 1.165) is 11.6 Å². The Labute approximate surface area is 77.9 Å². The predicted octanol–water partition coefficient (Wildman–Crippen LogP) is 1.69. The van der Waals surface area contributed by atoms with Gasteiger partial charge in [-0.25, -0.2) is 0 Å². The second-order valence-corrected chi connectivity index (χ2v) is 3.26. The first-order chi connectivity index (χ1) is 5.72. The lowest BCUT2D eigenvalue weighted by Gasteiger charge is -2.13. The molecule has 1 rings (SSSR count). The molecule has 2 nitrogen and oxygen atoms in total. The molecule has 0 heterocycles. The highest BCUT2D eigenvalue weighted by Crippen LogP contribution is 2.10. The van der Waals surface area contributed by atoms with E-state index >= 15 is 0 Å². The van der Waals surface area contributed by atoms with Crippen LogP contribution in [0, 0.1) is 0 Å². The van der Waals surface area contributed by atoms with Gasteiger partial charge >= 0.3 is 0 Å². The molecule has 12 heavy (non-hydrogen) atoms. The minimum absolute atomic E-state index is 0.572. The van der Waals surface area contributed by atoms with Crippen molar-refractivity contribution in [1.82, 2.24) is 4.90 Å². The van der Waals surface area contributed by atoms with E-state index in [1.54, 1.807) is 0 Å². The molecule has 0 amide bonds. The molecule has 0 aliphatic carbocycles. The van der Waals surface area contributed by atoms with E-state index in [1.807, 2.05) is 36.2 Å². The van der Waals surface area contributed by atoms with Gasteiger partial charge in [-0.05, 0) is 24.7 Å². The van der Waals surface area contributed by atoms with Gasteiger partial charge in [0.05, 0.1) is 0 Å². The van der Waals surface area contributed by atoms with Crippen LogP contribution in [0.5, 0.6) is 0 Å². The van der Waals surface area contributed by atoms with Crippen molar-refractivity contribution in [2.24, 2.45) is 5.73 Å². The Kier molecular flexibility index (Phi) is 3.53. The van der Waals surface area contributed by atoms with Crippen LogP contribution in [0.1, 0.15) is 5.56 Å². The van der Waals surface area contributed by atoms with E-state index in [1.165, 1.54) is 5.56 Å². The summed E-state index contributed by atoms with van der Waals surface area (Å²) < 4.78 is 0. The van der Waals surface area contributed by atoms with Crippen molar-refractivity contribution in [3.8, 4) is 0 Å². The average molecular weight is 185 g/mol. The molecule has 0 fully saturated rings. The molecule has 1 aromatic rings. The summed E-state index contributed by atoms with van der Waals surface area (Å²) in [6.45, 7) is 1.44. The van der Waals surface area contributed by atoms with E-state index < -0.39 is 0 Å². The minimum Gasteiger partial charge on any atom is -0.318 e. The Hall–Kier alpha value is -0.570. The quantitative estimate of drug-likeness (QED) is 0.725. The van der Waals surface area contributed by atoms with Crippen molar-refractivity contribution < 1.29 is 0 Å². The number of benzene rings is 1. The van der Waals surface area contributed by atoms with E-state index in [9.17, 15) is 0 Å². The number of nitrogens with two attached hydrogens (primary N) is 1. The zero-order valence-corrected chi connectivity index (χ0v) is 7.88. The predicted molar refractivity (Wildman–Crippen MR) is 52.0 cm³/mol. The monoisotopic (exact) mass is 184 g/mol. The second kappa shape index (κ2) is 4.45. The van der Waals surface area contributed by atoms with Crippen molar-refractivity contribution in [1.29, 1.82) is 0 Å². The maximum absolute atomic E-state index is 5.74. The first kappa shape index (κ1) is 9.52. The molecular formula is C9H13ClN2. The Morgan fingerprint density at radius 1 is 1.33 bits per heavy atom. The number of hydrogen-bond donors (Lipinski definition) is 1. The number of nitrogens with zero attached hydrogens (tertiary/aromatic N) is 1. The Morgan fingerprint density at radius 3 is 2.42 bits per heavy atom. The first-order valence-electron chi connectivity index (χ1n) is 3.85. The molecule has 3 heteroatoms. The first-order valence-corrected chi connectivity index (χ1v) is 4.23. The lowest BCUT2D eigenvalue weighted by molar-refractivity contribution is 0.337. The highest BCUT2D eigenvalue weighted by Gasteiger charge is 1.96. The van der Waals surface area contributed by atoms with Crippen molar-refractivity contribution in [3.05, 3.63) is 34.9 Å². The molecule has 0 spiro atoms. The summed E-state index contributed by atoms with van der Waals surface area (Å²) in [6.07, 6.45) is 0. The number of rotatable bonds is 3. The number of halogens is 1. The molecule has 0 saturated carbocycles. The molecule has 0 bridgehead atoms. The van der Waals surface area contributed by atoms with Crippen LogP contribution in [0.3, 0.4) is 0 Å². The molecule has 0 atom stereocenters. The van der Waals surface area contributed by atoms with Crippen LogP contribution in [-0.2, 0) is 6.54 Å². The standard InChI is InChI=1S/C9H13ClN2/c1-12(7-11)6-8-2-4-9(10)5-3-8/h2-5H,6-7,11H2,1H3. The van der Waals surface area contributed by atoms with Crippen molar-refractivity contribution in [2.45, 2.75) is 6.54 Å². The summed E-state index contributed by atoms with van der Waals surface area (Å²) in [5, 5.41) is 0.772. The van der Waals surface area contributed by atoms with Crippen molar-refractivity contribution >= 4 is 11.6 Å². The SMILES string of the molecule is CN(CN)Cc1ccc(Cl)cc1. The summed E-state index contributed by atoms with van der Waals surface area (Å²) in [5.74, 6) is 0. The van der Waals surface area contributed by atoms with Crippen LogP contribution in [0.25, 0.3) is 0 Å². The van der Waals surface area contributed by atoms with Gasteiger partial charge in [0, 0.05) is 18.2 Å². The van der Waals surface area contributed by atoms with Gasteiger partial charge in [-0.3, -0.25) is 4.90 Å². The third-order valence-corrected chi connectivity index (χ3v) is 1.93. The molecule has 1 aromatic carbocycles. The normalized spacial score (nSPS) is 10.7. The zero-order chi connectivity index (χ0) is 8.97. The van der Waals surface area contributed by atoms with Crippen LogP contribution >= 0.6 is 11.6 Å². The van der Waals surface area contributed by atoms with E-state index in [2.05, 4.69) is 0 Å². The summed E-state index contributed by atoms with van der Waals surface area (Å²) in [4.78, 5) is 2.03. The van der Waals surface area contributed by atoms with Gasteiger partial charge in [-0.2, -0.15) is 0 Å². The van der Waals surface area contributed by atoms with Crippen LogP contribution < -0.4 is 5.73 Å². The minimum atomic E-state index is 0.572. The Bertz CT molecular complexity index is 233. The van der Waals surface area contributed by atoms with Crippen LogP contribution in [0.15, 0.2) is 24.3 Å². The molecule has 0 aliphatic rings. The van der Waals surface area contributed by atoms with Crippen LogP contribution in [0.4, 0.5) is 0 Å².